The van der Waals surface area contributed by atoms with E-state index in [1.807, 2.05) is 30.3 Å². The van der Waals surface area contributed by atoms with Gasteiger partial charge in [-0.3, -0.25) is 4.79 Å². The second-order valence-electron chi connectivity index (χ2n) is 7.75. The van der Waals surface area contributed by atoms with Gasteiger partial charge in [0.25, 0.3) is 0 Å². The molecule has 180 valence electrons. The minimum Gasteiger partial charge on any atom is -0.497 e. The van der Waals surface area contributed by atoms with E-state index in [2.05, 4.69) is 15.8 Å². The maximum Gasteiger partial charge on any atom is 0.428 e. The third-order valence-electron chi connectivity index (χ3n) is 5.26. The summed E-state index contributed by atoms with van der Waals surface area (Å²) in [5, 5.41) is 8.60. The normalized spacial score (nSPS) is 11.3. The maximum atomic E-state index is 12.6. The van der Waals surface area contributed by atoms with Gasteiger partial charge in [0.05, 0.1) is 26.3 Å². The van der Waals surface area contributed by atoms with Crippen molar-refractivity contribution in [2.75, 3.05) is 19.5 Å². The van der Waals surface area contributed by atoms with Crippen LogP contribution in [0.3, 0.4) is 0 Å². The minimum absolute atomic E-state index is 0.0416. The highest BCUT2D eigenvalue weighted by atomic mass is 16.6. The van der Waals surface area contributed by atoms with Crippen LogP contribution in [0.15, 0.2) is 70.2 Å². The molecule has 0 atom stereocenters. The molecule has 3 aromatic carbocycles. The Morgan fingerprint density at radius 3 is 2.46 bits per heavy atom. The highest BCUT2D eigenvalue weighted by molar-refractivity contribution is 6.10. The van der Waals surface area contributed by atoms with Crippen molar-refractivity contribution in [1.82, 2.24) is 5.43 Å². The Hall–Kier alpha value is -4.53. The molecule has 0 fully saturated rings. The molecule has 0 bridgehead atoms. The number of benzene rings is 3. The van der Waals surface area contributed by atoms with E-state index in [1.165, 1.54) is 7.11 Å². The predicted molar refractivity (Wildman–Crippen MR) is 133 cm³/mol. The molecule has 9 heteroatoms. The SMILES string of the molecule is COc1ccc(COC(=O)NN=C(C)CC(=O)Nc2cc3oc4ccccc4c3cc2OC)cc1. The van der Waals surface area contributed by atoms with Crippen molar-refractivity contribution < 1.29 is 28.2 Å². The molecule has 4 aromatic rings. The number of amides is 2. The van der Waals surface area contributed by atoms with Crippen LogP contribution < -0.4 is 20.2 Å². The summed E-state index contributed by atoms with van der Waals surface area (Å²) in [6.07, 6.45) is -0.766. The number of ether oxygens (including phenoxy) is 3. The molecule has 0 saturated heterocycles. The molecule has 2 amide bonds. The van der Waals surface area contributed by atoms with Gasteiger partial charge in [0.15, 0.2) is 0 Å². The summed E-state index contributed by atoms with van der Waals surface area (Å²) < 4.78 is 21.6. The topological polar surface area (TPSA) is 111 Å². The Balaban J connectivity index is 1.34. The summed E-state index contributed by atoms with van der Waals surface area (Å²) in [7, 11) is 3.11. The number of anilines is 1. The molecular formula is C26H25N3O6. The van der Waals surface area contributed by atoms with E-state index in [0.29, 0.717) is 28.5 Å². The number of carbonyl (C=O) groups excluding carboxylic acids is 2. The highest BCUT2D eigenvalue weighted by Crippen LogP contribution is 2.36. The largest absolute Gasteiger partial charge is 0.497 e. The number of hydrogen-bond acceptors (Lipinski definition) is 7. The number of nitrogens with one attached hydrogen (secondary N) is 2. The summed E-state index contributed by atoms with van der Waals surface area (Å²) in [4.78, 5) is 24.5. The van der Waals surface area contributed by atoms with Crippen molar-refractivity contribution in [1.29, 1.82) is 0 Å². The summed E-state index contributed by atoms with van der Waals surface area (Å²) in [5.41, 5.74) is 5.35. The molecule has 0 radical (unpaired) electrons. The molecule has 0 aliphatic carbocycles. The van der Waals surface area contributed by atoms with Crippen LogP contribution in [0, 0.1) is 0 Å². The molecule has 2 N–H and O–H groups in total. The molecule has 1 heterocycles. The molecule has 1 aromatic heterocycles. The first-order valence-corrected chi connectivity index (χ1v) is 10.8. The Labute approximate surface area is 201 Å². The van der Waals surface area contributed by atoms with Crippen LogP contribution in [-0.4, -0.2) is 31.9 Å². The Kier molecular flexibility index (Phi) is 7.15. The number of hydrazone groups is 1. The van der Waals surface area contributed by atoms with E-state index < -0.39 is 6.09 Å². The van der Waals surface area contributed by atoms with Gasteiger partial charge in [-0.2, -0.15) is 5.10 Å². The van der Waals surface area contributed by atoms with E-state index in [4.69, 9.17) is 18.6 Å². The first-order valence-electron chi connectivity index (χ1n) is 10.8. The predicted octanol–water partition coefficient (Wildman–Crippen LogP) is 5.23. The lowest BCUT2D eigenvalue weighted by atomic mass is 10.1. The van der Waals surface area contributed by atoms with E-state index in [9.17, 15) is 9.59 Å². The van der Waals surface area contributed by atoms with Crippen LogP contribution in [0.2, 0.25) is 0 Å². The van der Waals surface area contributed by atoms with Crippen LogP contribution in [0.4, 0.5) is 10.5 Å². The minimum atomic E-state index is -0.724. The number of methoxy groups -OCH3 is 2. The average Bonchev–Trinajstić information content (AvgIpc) is 3.23. The zero-order valence-electron chi connectivity index (χ0n) is 19.6. The third kappa shape index (κ3) is 5.70. The van der Waals surface area contributed by atoms with Crippen molar-refractivity contribution in [3.05, 3.63) is 66.2 Å². The summed E-state index contributed by atoms with van der Waals surface area (Å²) in [6, 6.07) is 18.4. The second kappa shape index (κ2) is 10.6. The number of rotatable bonds is 8. The number of fused-ring (bicyclic) bond motifs is 3. The van der Waals surface area contributed by atoms with E-state index in [1.54, 1.807) is 44.4 Å². The number of furan rings is 1. The molecule has 4 rings (SSSR count). The van der Waals surface area contributed by atoms with Crippen molar-refractivity contribution >= 4 is 45.3 Å². The van der Waals surface area contributed by atoms with Crippen LogP contribution >= 0.6 is 0 Å². The van der Waals surface area contributed by atoms with Gasteiger partial charge in [-0.15, -0.1) is 0 Å². The summed E-state index contributed by atoms with van der Waals surface area (Å²) in [5.74, 6) is 0.896. The number of hydrogen-bond donors (Lipinski definition) is 2. The molecule has 0 spiro atoms. The van der Waals surface area contributed by atoms with Gasteiger partial charge in [-0.25, -0.2) is 10.2 Å². The quantitative estimate of drug-likeness (QED) is 0.266. The molecule has 0 aliphatic rings. The van der Waals surface area contributed by atoms with Crippen molar-refractivity contribution in [2.24, 2.45) is 5.10 Å². The second-order valence-corrected chi connectivity index (χ2v) is 7.75. The smallest absolute Gasteiger partial charge is 0.428 e. The standard InChI is InChI=1S/C26H25N3O6/c1-16(28-29-26(31)34-15-17-8-10-18(32-2)11-9-17)12-25(30)27-21-14-23-20(13-24(21)33-3)19-6-4-5-7-22(19)35-23/h4-11,13-14H,12,15H2,1-3H3,(H,27,30)(H,29,31). The van der Waals surface area contributed by atoms with Crippen LogP contribution in [0.25, 0.3) is 21.9 Å². The summed E-state index contributed by atoms with van der Waals surface area (Å²) in [6.45, 7) is 1.71. The van der Waals surface area contributed by atoms with Crippen molar-refractivity contribution in [2.45, 2.75) is 20.0 Å². The third-order valence-corrected chi connectivity index (χ3v) is 5.26. The van der Waals surface area contributed by atoms with Crippen molar-refractivity contribution in [3.63, 3.8) is 0 Å². The van der Waals surface area contributed by atoms with Gasteiger partial charge in [-0.1, -0.05) is 30.3 Å². The van der Waals surface area contributed by atoms with Gasteiger partial charge in [0.2, 0.25) is 5.91 Å². The first kappa shape index (κ1) is 23.6. The summed E-state index contributed by atoms with van der Waals surface area (Å²) >= 11 is 0. The molecule has 0 unspecified atom stereocenters. The maximum absolute atomic E-state index is 12.6. The van der Waals surface area contributed by atoms with Gasteiger partial charge in [-0.05, 0) is 36.8 Å². The van der Waals surface area contributed by atoms with Gasteiger partial charge in [0.1, 0.15) is 29.3 Å². The van der Waals surface area contributed by atoms with Gasteiger partial charge >= 0.3 is 6.09 Å². The monoisotopic (exact) mass is 475 g/mol. The Morgan fingerprint density at radius 1 is 0.943 bits per heavy atom. The van der Waals surface area contributed by atoms with Crippen LogP contribution in [-0.2, 0) is 16.1 Å². The Bertz CT molecular complexity index is 1390. The molecular weight excluding hydrogens is 450 g/mol. The fraction of sp³-hybridized carbons (Fsp3) is 0.192. The van der Waals surface area contributed by atoms with Gasteiger partial charge < -0.3 is 23.9 Å². The zero-order chi connectivity index (χ0) is 24.8. The van der Waals surface area contributed by atoms with Crippen molar-refractivity contribution in [3.8, 4) is 11.5 Å². The lowest BCUT2D eigenvalue weighted by Gasteiger charge is -2.10. The van der Waals surface area contributed by atoms with Crippen LogP contribution in [0.5, 0.6) is 11.5 Å². The fourth-order valence-electron chi connectivity index (χ4n) is 3.53. The van der Waals surface area contributed by atoms with E-state index in [0.717, 1.165) is 21.9 Å². The van der Waals surface area contributed by atoms with Gasteiger partial charge in [0, 0.05) is 22.6 Å². The molecule has 9 nitrogen and oxygen atoms in total. The van der Waals surface area contributed by atoms with Crippen LogP contribution in [0.1, 0.15) is 18.9 Å². The first-order chi connectivity index (χ1) is 17.0. The molecule has 0 saturated carbocycles. The number of nitrogens with zero attached hydrogens (tertiary/aromatic N) is 1. The number of para-hydroxylation sites is 1. The zero-order valence-corrected chi connectivity index (χ0v) is 19.6. The fourth-order valence-corrected chi connectivity index (χ4v) is 3.53. The lowest BCUT2D eigenvalue weighted by Crippen LogP contribution is -2.22. The van der Waals surface area contributed by atoms with E-state index in [-0.39, 0.29) is 18.9 Å². The lowest BCUT2D eigenvalue weighted by molar-refractivity contribution is -0.115. The molecule has 0 aliphatic heterocycles. The average molecular weight is 476 g/mol. The number of carbonyl (C=O) groups is 2. The van der Waals surface area contributed by atoms with E-state index >= 15 is 0 Å². The Morgan fingerprint density at radius 2 is 1.71 bits per heavy atom. The molecule has 35 heavy (non-hydrogen) atoms. The highest BCUT2D eigenvalue weighted by Gasteiger charge is 2.15.